The van der Waals surface area contributed by atoms with E-state index in [0.29, 0.717) is 6.04 Å². The first-order chi connectivity index (χ1) is 8.14. The minimum Gasteiger partial charge on any atom is -0.314 e. The predicted molar refractivity (Wildman–Crippen MR) is 69.7 cm³/mol. The molecule has 1 aliphatic rings. The molecule has 2 atom stereocenters. The fraction of sp³-hybridized carbons (Fsp3) is 0.600. The Kier molecular flexibility index (Phi) is 3.82. The molecule has 0 heterocycles. The van der Waals surface area contributed by atoms with E-state index in [4.69, 9.17) is 0 Å². The van der Waals surface area contributed by atoms with Crippen LogP contribution in [0.4, 0.5) is 4.39 Å². The van der Waals surface area contributed by atoms with Crippen LogP contribution in [0.25, 0.3) is 0 Å². The Balaban J connectivity index is 2.06. The van der Waals surface area contributed by atoms with Crippen molar-refractivity contribution in [2.24, 2.45) is 0 Å². The molecule has 2 unspecified atom stereocenters. The minimum absolute atomic E-state index is 0.117. The molecule has 0 bridgehead atoms. The van der Waals surface area contributed by atoms with E-state index in [1.807, 2.05) is 6.07 Å². The molecule has 0 aliphatic heterocycles. The smallest absolute Gasteiger partial charge is 0.123 e. The summed E-state index contributed by atoms with van der Waals surface area (Å²) in [4.78, 5) is 0. The lowest BCUT2D eigenvalue weighted by atomic mass is 9.81. The fourth-order valence-corrected chi connectivity index (χ4v) is 2.89. The van der Waals surface area contributed by atoms with E-state index in [2.05, 4.69) is 25.2 Å². The Morgan fingerprint density at radius 3 is 3.00 bits per heavy atom. The summed E-state index contributed by atoms with van der Waals surface area (Å²) in [5.74, 6) is -0.117. The maximum atomic E-state index is 13.3. The first-order valence-corrected chi connectivity index (χ1v) is 6.63. The average molecular weight is 235 g/mol. The maximum absolute atomic E-state index is 13.3. The van der Waals surface area contributed by atoms with E-state index in [0.717, 1.165) is 24.9 Å². The lowest BCUT2D eigenvalue weighted by Gasteiger charge is -2.25. The summed E-state index contributed by atoms with van der Waals surface area (Å²) in [6.45, 7) is 5.53. The van der Waals surface area contributed by atoms with Gasteiger partial charge in [-0.1, -0.05) is 26.0 Å². The number of halogens is 1. The summed E-state index contributed by atoms with van der Waals surface area (Å²) in [5.41, 5.74) is 1.30. The summed E-state index contributed by atoms with van der Waals surface area (Å²) >= 11 is 0. The van der Waals surface area contributed by atoms with Gasteiger partial charge in [0.2, 0.25) is 0 Å². The molecule has 0 radical (unpaired) electrons. The molecule has 0 spiro atoms. The molecule has 1 saturated carbocycles. The normalized spacial score (nSPS) is 28.5. The van der Waals surface area contributed by atoms with Gasteiger partial charge >= 0.3 is 0 Å². The van der Waals surface area contributed by atoms with E-state index in [9.17, 15) is 4.39 Å². The second kappa shape index (κ2) is 5.18. The van der Waals surface area contributed by atoms with E-state index in [1.54, 1.807) is 6.07 Å². The van der Waals surface area contributed by atoms with E-state index in [-0.39, 0.29) is 11.2 Å². The molecule has 2 rings (SSSR count). The Bertz CT molecular complexity index is 377. The van der Waals surface area contributed by atoms with Gasteiger partial charge in [-0.3, -0.25) is 0 Å². The summed E-state index contributed by atoms with van der Waals surface area (Å²) in [7, 11) is 0. The summed E-state index contributed by atoms with van der Waals surface area (Å²) < 4.78 is 13.3. The lowest BCUT2D eigenvalue weighted by Crippen LogP contribution is -2.29. The zero-order valence-corrected chi connectivity index (χ0v) is 10.8. The van der Waals surface area contributed by atoms with Crippen LogP contribution < -0.4 is 5.32 Å². The molecule has 0 saturated heterocycles. The van der Waals surface area contributed by atoms with E-state index >= 15 is 0 Å². The van der Waals surface area contributed by atoms with Gasteiger partial charge < -0.3 is 5.32 Å². The van der Waals surface area contributed by atoms with Crippen LogP contribution in [-0.4, -0.2) is 12.6 Å². The highest BCUT2D eigenvalue weighted by atomic mass is 19.1. The number of nitrogens with one attached hydrogen (secondary N) is 1. The van der Waals surface area contributed by atoms with Crippen LogP contribution in [0, 0.1) is 5.82 Å². The Labute approximate surface area is 103 Å². The maximum Gasteiger partial charge on any atom is 0.123 e. The third kappa shape index (κ3) is 2.86. The monoisotopic (exact) mass is 235 g/mol. The molecular formula is C15H22FN. The molecule has 0 amide bonds. The van der Waals surface area contributed by atoms with Gasteiger partial charge in [-0.05, 0) is 55.3 Å². The first kappa shape index (κ1) is 12.6. The molecule has 0 aromatic heterocycles. The van der Waals surface area contributed by atoms with Gasteiger partial charge in [-0.25, -0.2) is 4.39 Å². The number of hydrogen-bond donors (Lipinski definition) is 1. The second-order valence-corrected chi connectivity index (χ2v) is 5.46. The fourth-order valence-electron chi connectivity index (χ4n) is 2.89. The van der Waals surface area contributed by atoms with Crippen molar-refractivity contribution < 1.29 is 4.39 Å². The van der Waals surface area contributed by atoms with E-state index < -0.39 is 0 Å². The summed E-state index contributed by atoms with van der Waals surface area (Å²) in [5, 5.41) is 3.58. The van der Waals surface area contributed by atoms with Crippen molar-refractivity contribution in [3.8, 4) is 0 Å². The van der Waals surface area contributed by atoms with Gasteiger partial charge in [0.1, 0.15) is 5.82 Å². The molecule has 1 nitrogen and oxygen atoms in total. The topological polar surface area (TPSA) is 12.0 Å². The number of rotatable bonds is 4. The van der Waals surface area contributed by atoms with Crippen LogP contribution in [0.15, 0.2) is 24.3 Å². The Morgan fingerprint density at radius 1 is 1.47 bits per heavy atom. The van der Waals surface area contributed by atoms with Crippen molar-refractivity contribution in [1.82, 2.24) is 5.32 Å². The molecule has 17 heavy (non-hydrogen) atoms. The highest BCUT2D eigenvalue weighted by Gasteiger charge is 2.36. The molecule has 1 aromatic rings. The molecule has 94 valence electrons. The highest BCUT2D eigenvalue weighted by Crippen LogP contribution is 2.40. The molecule has 1 aliphatic carbocycles. The molecule has 1 N–H and O–H groups in total. The number of hydrogen-bond acceptors (Lipinski definition) is 1. The van der Waals surface area contributed by atoms with Crippen molar-refractivity contribution in [2.45, 2.75) is 51.0 Å². The van der Waals surface area contributed by atoms with Gasteiger partial charge in [-0.15, -0.1) is 0 Å². The lowest BCUT2D eigenvalue weighted by molar-refractivity contribution is 0.450. The van der Waals surface area contributed by atoms with Crippen molar-refractivity contribution in [2.75, 3.05) is 6.54 Å². The van der Waals surface area contributed by atoms with Crippen molar-refractivity contribution >= 4 is 0 Å². The van der Waals surface area contributed by atoms with Crippen LogP contribution >= 0.6 is 0 Å². The first-order valence-electron chi connectivity index (χ1n) is 6.63. The standard InChI is InChI=1S/C15H22FN/c1-3-9-17-14-7-8-15(2,11-14)12-5-4-6-13(16)10-12/h4-6,10,14,17H,3,7-9,11H2,1-2H3. The predicted octanol–water partition coefficient (Wildman–Crippen LogP) is 3.64. The summed E-state index contributed by atoms with van der Waals surface area (Å²) in [6.07, 6.45) is 4.65. The van der Waals surface area contributed by atoms with Crippen molar-refractivity contribution in [1.29, 1.82) is 0 Å². The third-order valence-electron chi connectivity index (χ3n) is 3.95. The van der Waals surface area contributed by atoms with E-state index in [1.165, 1.54) is 18.9 Å². The van der Waals surface area contributed by atoms with Gasteiger partial charge in [0.05, 0.1) is 0 Å². The number of benzene rings is 1. The van der Waals surface area contributed by atoms with Crippen LogP contribution in [0.2, 0.25) is 0 Å². The minimum atomic E-state index is -0.117. The van der Waals surface area contributed by atoms with Gasteiger partial charge in [-0.2, -0.15) is 0 Å². The molecule has 2 heteroatoms. The van der Waals surface area contributed by atoms with Crippen molar-refractivity contribution in [3.63, 3.8) is 0 Å². The highest BCUT2D eigenvalue weighted by molar-refractivity contribution is 5.27. The second-order valence-electron chi connectivity index (χ2n) is 5.46. The van der Waals surface area contributed by atoms with Gasteiger partial charge in [0.25, 0.3) is 0 Å². The van der Waals surface area contributed by atoms with Crippen LogP contribution in [0.3, 0.4) is 0 Å². The van der Waals surface area contributed by atoms with Gasteiger partial charge in [0.15, 0.2) is 0 Å². The third-order valence-corrected chi connectivity index (χ3v) is 3.95. The Hall–Kier alpha value is -0.890. The summed E-state index contributed by atoms with van der Waals surface area (Å²) in [6, 6.07) is 7.70. The molecular weight excluding hydrogens is 213 g/mol. The van der Waals surface area contributed by atoms with Crippen LogP contribution in [0.1, 0.15) is 45.1 Å². The van der Waals surface area contributed by atoms with Crippen LogP contribution in [-0.2, 0) is 5.41 Å². The Morgan fingerprint density at radius 2 is 2.29 bits per heavy atom. The van der Waals surface area contributed by atoms with Crippen molar-refractivity contribution in [3.05, 3.63) is 35.6 Å². The van der Waals surface area contributed by atoms with Crippen LogP contribution in [0.5, 0.6) is 0 Å². The zero-order chi connectivity index (χ0) is 12.3. The largest absolute Gasteiger partial charge is 0.314 e. The molecule has 1 aromatic carbocycles. The van der Waals surface area contributed by atoms with Gasteiger partial charge in [0, 0.05) is 6.04 Å². The SMILES string of the molecule is CCCNC1CCC(C)(c2cccc(F)c2)C1. The quantitative estimate of drug-likeness (QED) is 0.840. The molecule has 1 fully saturated rings. The average Bonchev–Trinajstić information content (AvgIpc) is 2.70. The zero-order valence-electron chi connectivity index (χ0n) is 10.8.